The molecule has 0 saturated heterocycles. The monoisotopic (exact) mass is 140 g/mol. The number of rotatable bonds is 3. The largest absolute Gasteiger partial charge is 0.508 e. The first-order valence-corrected chi connectivity index (χ1v) is 3.02. The van der Waals surface area contributed by atoms with Crippen LogP contribution in [0.25, 0.3) is 0 Å². The molecule has 0 aliphatic rings. The van der Waals surface area contributed by atoms with E-state index in [1.165, 1.54) is 6.26 Å². The summed E-state index contributed by atoms with van der Waals surface area (Å²) in [6.45, 7) is 1.84. The first kappa shape index (κ1) is 8.82. The molecule has 0 aromatic heterocycles. The van der Waals surface area contributed by atoms with Crippen LogP contribution in [0.15, 0.2) is 36.3 Å². The summed E-state index contributed by atoms with van der Waals surface area (Å²) in [5.41, 5.74) is 0. The van der Waals surface area contributed by atoms with Gasteiger partial charge in [-0.3, -0.25) is 0 Å². The van der Waals surface area contributed by atoms with Crippen molar-refractivity contribution in [1.29, 1.82) is 0 Å². The van der Waals surface area contributed by atoms with Crippen molar-refractivity contribution in [2.45, 2.75) is 6.92 Å². The third-order valence-electron chi connectivity index (χ3n) is 0.819. The molecule has 2 nitrogen and oxygen atoms in total. The molecule has 56 valence electrons. The Morgan fingerprint density at radius 3 is 2.70 bits per heavy atom. The molecular formula is C8H12O2. The number of hydrogen-bond acceptors (Lipinski definition) is 2. The molecule has 0 aliphatic carbocycles. The van der Waals surface area contributed by atoms with Gasteiger partial charge in [-0.2, -0.15) is 0 Å². The zero-order valence-electron chi connectivity index (χ0n) is 6.24. The Kier molecular flexibility index (Phi) is 5.25. The van der Waals surface area contributed by atoms with Crippen LogP contribution in [0.2, 0.25) is 0 Å². The lowest BCUT2D eigenvalue weighted by molar-refractivity contribution is 0.338. The van der Waals surface area contributed by atoms with Crippen LogP contribution in [0.3, 0.4) is 0 Å². The van der Waals surface area contributed by atoms with E-state index < -0.39 is 0 Å². The Balaban J connectivity index is 3.79. The van der Waals surface area contributed by atoms with Gasteiger partial charge >= 0.3 is 0 Å². The molecule has 0 aliphatic heterocycles. The fourth-order valence-corrected chi connectivity index (χ4v) is 0.443. The predicted octanol–water partition coefficient (Wildman–Crippen LogP) is 2.16. The molecule has 0 radical (unpaired) electrons. The lowest BCUT2D eigenvalue weighted by Gasteiger charge is -1.85. The van der Waals surface area contributed by atoms with Gasteiger partial charge < -0.3 is 9.84 Å². The van der Waals surface area contributed by atoms with Crippen molar-refractivity contribution in [3.8, 4) is 0 Å². The molecule has 1 N–H and O–H groups in total. The Hall–Kier alpha value is -1.18. The second-order valence-corrected chi connectivity index (χ2v) is 1.66. The lowest BCUT2D eigenvalue weighted by atomic mass is 10.4. The Bertz CT molecular complexity index is 155. The van der Waals surface area contributed by atoms with Crippen molar-refractivity contribution < 1.29 is 9.84 Å². The van der Waals surface area contributed by atoms with Crippen LogP contribution >= 0.6 is 0 Å². The van der Waals surface area contributed by atoms with E-state index in [4.69, 9.17) is 5.11 Å². The predicted molar refractivity (Wildman–Crippen MR) is 41.7 cm³/mol. The van der Waals surface area contributed by atoms with Crippen LogP contribution in [0, 0.1) is 0 Å². The number of aliphatic hydroxyl groups is 1. The van der Waals surface area contributed by atoms with Crippen LogP contribution in [0.4, 0.5) is 0 Å². The van der Waals surface area contributed by atoms with Crippen molar-refractivity contribution in [2.24, 2.45) is 0 Å². The van der Waals surface area contributed by atoms with Crippen LogP contribution in [0.5, 0.6) is 0 Å². The van der Waals surface area contributed by atoms with Gasteiger partial charge in [0.1, 0.15) is 5.76 Å². The average Bonchev–Trinajstić information content (AvgIpc) is 1.89. The van der Waals surface area contributed by atoms with Crippen LogP contribution < -0.4 is 0 Å². The van der Waals surface area contributed by atoms with E-state index in [1.807, 2.05) is 6.92 Å². The Morgan fingerprint density at radius 1 is 1.50 bits per heavy atom. The SMILES string of the molecule is C\C=C/C(O)=C\C=C\OC. The van der Waals surface area contributed by atoms with E-state index in [0.717, 1.165) is 0 Å². The molecule has 0 atom stereocenters. The molecule has 0 aromatic rings. The number of methoxy groups -OCH3 is 1. The number of hydrogen-bond donors (Lipinski definition) is 1. The first-order chi connectivity index (χ1) is 4.81. The second kappa shape index (κ2) is 5.95. The van der Waals surface area contributed by atoms with Gasteiger partial charge in [-0.05, 0) is 25.2 Å². The maximum atomic E-state index is 8.94. The minimum Gasteiger partial charge on any atom is -0.508 e. The highest BCUT2D eigenvalue weighted by Gasteiger charge is 1.77. The van der Waals surface area contributed by atoms with Crippen LogP contribution in [-0.2, 0) is 4.74 Å². The molecule has 0 aromatic carbocycles. The van der Waals surface area contributed by atoms with Gasteiger partial charge in [-0.1, -0.05) is 6.08 Å². The van der Waals surface area contributed by atoms with E-state index in [9.17, 15) is 0 Å². The van der Waals surface area contributed by atoms with Gasteiger partial charge in [0, 0.05) is 0 Å². The van der Waals surface area contributed by atoms with Gasteiger partial charge in [0.05, 0.1) is 13.4 Å². The summed E-state index contributed by atoms with van der Waals surface area (Å²) in [4.78, 5) is 0. The van der Waals surface area contributed by atoms with Gasteiger partial charge in [0.15, 0.2) is 0 Å². The molecule has 0 heterocycles. The van der Waals surface area contributed by atoms with Gasteiger partial charge in [-0.15, -0.1) is 0 Å². The summed E-state index contributed by atoms with van der Waals surface area (Å²) in [6, 6.07) is 0. The maximum absolute atomic E-state index is 8.94. The molecular weight excluding hydrogens is 128 g/mol. The van der Waals surface area contributed by atoms with E-state index in [2.05, 4.69) is 4.74 Å². The summed E-state index contributed by atoms with van der Waals surface area (Å²) in [6.07, 6.45) is 8.00. The van der Waals surface area contributed by atoms with E-state index >= 15 is 0 Å². The van der Waals surface area contributed by atoms with Crippen molar-refractivity contribution in [3.05, 3.63) is 36.3 Å². The number of allylic oxidation sites excluding steroid dienone is 4. The quantitative estimate of drug-likeness (QED) is 0.481. The number of aliphatic hydroxyl groups excluding tert-OH is 1. The van der Waals surface area contributed by atoms with Crippen molar-refractivity contribution >= 4 is 0 Å². The summed E-state index contributed by atoms with van der Waals surface area (Å²) in [5, 5.41) is 8.94. The summed E-state index contributed by atoms with van der Waals surface area (Å²) in [5.74, 6) is 0.218. The molecule has 0 saturated carbocycles. The molecule has 0 fully saturated rings. The van der Waals surface area contributed by atoms with Gasteiger partial charge in [0.2, 0.25) is 0 Å². The molecule has 0 rings (SSSR count). The normalized spacial score (nSPS) is 13.2. The van der Waals surface area contributed by atoms with E-state index in [-0.39, 0.29) is 5.76 Å². The maximum Gasteiger partial charge on any atom is 0.115 e. The fourth-order valence-electron chi connectivity index (χ4n) is 0.443. The smallest absolute Gasteiger partial charge is 0.115 e. The molecule has 0 amide bonds. The average molecular weight is 140 g/mol. The Morgan fingerprint density at radius 2 is 2.20 bits per heavy atom. The standard InChI is InChI=1S/C8H12O2/c1-3-5-8(9)6-4-7-10-2/h3-7,9H,1-2H3/b5-3-,7-4+,8-6+. The minimum atomic E-state index is 0.218. The zero-order valence-corrected chi connectivity index (χ0v) is 6.24. The van der Waals surface area contributed by atoms with Gasteiger partial charge in [0.25, 0.3) is 0 Å². The summed E-state index contributed by atoms with van der Waals surface area (Å²) in [7, 11) is 1.55. The molecule has 10 heavy (non-hydrogen) atoms. The molecule has 2 heteroatoms. The highest BCUT2D eigenvalue weighted by atomic mass is 16.5. The highest BCUT2D eigenvalue weighted by molar-refractivity contribution is 5.15. The third kappa shape index (κ3) is 4.97. The number of ether oxygens (including phenoxy) is 1. The molecule has 0 unspecified atom stereocenters. The Labute approximate surface area is 61.1 Å². The van der Waals surface area contributed by atoms with Crippen molar-refractivity contribution in [1.82, 2.24) is 0 Å². The third-order valence-corrected chi connectivity index (χ3v) is 0.819. The minimum absolute atomic E-state index is 0.218. The fraction of sp³-hybridized carbons (Fsp3) is 0.250. The highest BCUT2D eigenvalue weighted by Crippen LogP contribution is 1.90. The van der Waals surface area contributed by atoms with Crippen LogP contribution in [-0.4, -0.2) is 12.2 Å². The topological polar surface area (TPSA) is 29.5 Å². The van der Waals surface area contributed by atoms with Crippen molar-refractivity contribution in [2.75, 3.05) is 7.11 Å². The second-order valence-electron chi connectivity index (χ2n) is 1.66. The molecule has 0 spiro atoms. The van der Waals surface area contributed by atoms with E-state index in [0.29, 0.717) is 0 Å². The molecule has 0 bridgehead atoms. The lowest BCUT2D eigenvalue weighted by Crippen LogP contribution is -1.70. The van der Waals surface area contributed by atoms with E-state index in [1.54, 1.807) is 31.4 Å². The summed E-state index contributed by atoms with van der Waals surface area (Å²) >= 11 is 0. The summed E-state index contributed by atoms with van der Waals surface area (Å²) < 4.78 is 4.61. The first-order valence-electron chi connectivity index (χ1n) is 3.02. The zero-order chi connectivity index (χ0) is 7.82. The van der Waals surface area contributed by atoms with Crippen molar-refractivity contribution in [3.63, 3.8) is 0 Å². The van der Waals surface area contributed by atoms with Gasteiger partial charge in [-0.25, -0.2) is 0 Å². The van der Waals surface area contributed by atoms with Crippen LogP contribution in [0.1, 0.15) is 6.92 Å².